The largest absolute Gasteiger partial charge is 0.493 e. The highest BCUT2D eigenvalue weighted by molar-refractivity contribution is 5.82. The number of hydrogen-bond donors (Lipinski definition) is 2. The molecule has 1 aliphatic carbocycles. The molecule has 132 valence electrons. The molecule has 1 aromatic carbocycles. The molecule has 1 aromatic rings. The fraction of sp³-hybridized carbons (Fsp3) is 0.632. The number of hydrogen-bond acceptors (Lipinski definition) is 4. The molecule has 0 aromatic heterocycles. The number of carbonyl (C=O) groups excluding carboxylic acids is 1. The Morgan fingerprint density at radius 1 is 1.21 bits per heavy atom. The molecule has 2 fully saturated rings. The van der Waals surface area contributed by atoms with Gasteiger partial charge >= 0.3 is 0 Å². The van der Waals surface area contributed by atoms with Crippen molar-refractivity contribution in [2.24, 2.45) is 0 Å². The SMILES string of the molecule is COc1cc(C(C)NC(=O)C2CCCN2)ccc1OC1CCCC1. The van der Waals surface area contributed by atoms with Crippen molar-refractivity contribution in [2.75, 3.05) is 13.7 Å². The highest BCUT2D eigenvalue weighted by Gasteiger charge is 2.24. The summed E-state index contributed by atoms with van der Waals surface area (Å²) >= 11 is 0. The first-order chi connectivity index (χ1) is 11.7. The third-order valence-electron chi connectivity index (χ3n) is 5.02. The van der Waals surface area contributed by atoms with Gasteiger partial charge in [0.2, 0.25) is 5.91 Å². The van der Waals surface area contributed by atoms with E-state index in [2.05, 4.69) is 10.6 Å². The van der Waals surface area contributed by atoms with Gasteiger partial charge in [-0.15, -0.1) is 0 Å². The van der Waals surface area contributed by atoms with Gasteiger partial charge in [-0.1, -0.05) is 6.07 Å². The van der Waals surface area contributed by atoms with Gasteiger partial charge in [0.1, 0.15) is 0 Å². The predicted molar refractivity (Wildman–Crippen MR) is 93.5 cm³/mol. The van der Waals surface area contributed by atoms with Gasteiger partial charge in [0, 0.05) is 0 Å². The maximum Gasteiger partial charge on any atom is 0.237 e. The maximum atomic E-state index is 12.3. The summed E-state index contributed by atoms with van der Waals surface area (Å²) in [4.78, 5) is 12.3. The molecule has 1 saturated carbocycles. The molecule has 1 aliphatic heterocycles. The first-order valence-electron chi connectivity index (χ1n) is 9.05. The molecule has 1 saturated heterocycles. The molecule has 1 amide bonds. The van der Waals surface area contributed by atoms with Crippen molar-refractivity contribution in [3.05, 3.63) is 23.8 Å². The van der Waals surface area contributed by atoms with Crippen LogP contribution in [-0.4, -0.2) is 31.7 Å². The predicted octanol–water partition coefficient (Wildman–Crippen LogP) is 2.95. The van der Waals surface area contributed by atoms with Crippen molar-refractivity contribution in [1.82, 2.24) is 10.6 Å². The van der Waals surface area contributed by atoms with Crippen molar-refractivity contribution in [3.63, 3.8) is 0 Å². The highest BCUT2D eigenvalue weighted by Crippen LogP contribution is 2.33. The molecule has 5 nitrogen and oxygen atoms in total. The Balaban J connectivity index is 1.65. The molecule has 3 rings (SSSR count). The Labute approximate surface area is 144 Å². The Kier molecular flexibility index (Phi) is 5.61. The molecular formula is C19H28N2O3. The summed E-state index contributed by atoms with van der Waals surface area (Å²) in [5.74, 6) is 1.61. The summed E-state index contributed by atoms with van der Waals surface area (Å²) in [6.07, 6.45) is 6.99. The lowest BCUT2D eigenvalue weighted by Crippen LogP contribution is -2.41. The number of ether oxygens (including phenoxy) is 2. The van der Waals surface area contributed by atoms with Crippen LogP contribution in [0.2, 0.25) is 0 Å². The van der Waals surface area contributed by atoms with Gasteiger partial charge in [0.15, 0.2) is 11.5 Å². The molecule has 5 heteroatoms. The highest BCUT2D eigenvalue weighted by atomic mass is 16.5. The summed E-state index contributed by atoms with van der Waals surface area (Å²) in [5, 5.41) is 6.31. The minimum Gasteiger partial charge on any atom is -0.493 e. The smallest absolute Gasteiger partial charge is 0.237 e. The van der Waals surface area contributed by atoms with E-state index >= 15 is 0 Å². The molecule has 2 atom stereocenters. The molecule has 2 aliphatic rings. The van der Waals surface area contributed by atoms with Crippen molar-refractivity contribution >= 4 is 5.91 Å². The summed E-state index contributed by atoms with van der Waals surface area (Å²) in [6, 6.07) is 5.83. The summed E-state index contributed by atoms with van der Waals surface area (Å²) in [6.45, 7) is 2.92. The van der Waals surface area contributed by atoms with Crippen molar-refractivity contribution < 1.29 is 14.3 Å². The van der Waals surface area contributed by atoms with Gasteiger partial charge in [-0.3, -0.25) is 4.79 Å². The van der Waals surface area contributed by atoms with Gasteiger partial charge in [0.25, 0.3) is 0 Å². The lowest BCUT2D eigenvalue weighted by Gasteiger charge is -2.20. The molecule has 1 heterocycles. The second-order valence-electron chi connectivity index (χ2n) is 6.81. The van der Waals surface area contributed by atoms with Crippen LogP contribution in [0.15, 0.2) is 18.2 Å². The van der Waals surface area contributed by atoms with Gasteiger partial charge in [-0.25, -0.2) is 0 Å². The van der Waals surface area contributed by atoms with Crippen LogP contribution in [0.25, 0.3) is 0 Å². The van der Waals surface area contributed by atoms with E-state index < -0.39 is 0 Å². The van der Waals surface area contributed by atoms with Crippen LogP contribution < -0.4 is 20.1 Å². The summed E-state index contributed by atoms with van der Waals surface area (Å²) in [7, 11) is 1.66. The zero-order chi connectivity index (χ0) is 16.9. The van der Waals surface area contributed by atoms with E-state index in [1.807, 2.05) is 25.1 Å². The monoisotopic (exact) mass is 332 g/mol. The lowest BCUT2D eigenvalue weighted by atomic mass is 10.1. The topological polar surface area (TPSA) is 59.6 Å². The van der Waals surface area contributed by atoms with E-state index in [4.69, 9.17) is 9.47 Å². The lowest BCUT2D eigenvalue weighted by molar-refractivity contribution is -0.123. The third-order valence-corrected chi connectivity index (χ3v) is 5.02. The second kappa shape index (κ2) is 7.88. The first-order valence-corrected chi connectivity index (χ1v) is 9.05. The average Bonchev–Trinajstić information content (AvgIpc) is 3.28. The number of rotatable bonds is 6. The zero-order valence-electron chi connectivity index (χ0n) is 14.6. The standard InChI is InChI=1S/C19H28N2O3/c1-13(21-19(22)16-8-5-11-20-16)14-9-10-17(18(12-14)23-2)24-15-6-3-4-7-15/h9-10,12-13,15-16,20H,3-8,11H2,1-2H3,(H,21,22). The number of nitrogens with one attached hydrogen (secondary N) is 2. The molecular weight excluding hydrogens is 304 g/mol. The van der Waals surface area contributed by atoms with E-state index in [1.54, 1.807) is 7.11 Å². The molecule has 24 heavy (non-hydrogen) atoms. The van der Waals surface area contributed by atoms with E-state index in [0.717, 1.165) is 49.3 Å². The van der Waals surface area contributed by atoms with Crippen molar-refractivity contribution in [1.29, 1.82) is 0 Å². The van der Waals surface area contributed by atoms with Gasteiger partial charge in [-0.2, -0.15) is 0 Å². The van der Waals surface area contributed by atoms with Crippen LogP contribution in [0.4, 0.5) is 0 Å². The fourth-order valence-corrected chi connectivity index (χ4v) is 3.54. The zero-order valence-corrected chi connectivity index (χ0v) is 14.6. The van der Waals surface area contributed by atoms with Crippen molar-refractivity contribution in [3.8, 4) is 11.5 Å². The molecule has 0 radical (unpaired) electrons. The maximum absolute atomic E-state index is 12.3. The van der Waals surface area contributed by atoms with Crippen LogP contribution in [0, 0.1) is 0 Å². The number of carbonyl (C=O) groups is 1. The van der Waals surface area contributed by atoms with Crippen LogP contribution in [-0.2, 0) is 4.79 Å². The first kappa shape index (κ1) is 17.1. The van der Waals surface area contributed by atoms with Crippen LogP contribution in [0.1, 0.15) is 57.1 Å². The van der Waals surface area contributed by atoms with Crippen LogP contribution in [0.3, 0.4) is 0 Å². The quantitative estimate of drug-likeness (QED) is 0.841. The normalized spacial score (nSPS) is 22.3. The Morgan fingerprint density at radius 3 is 2.67 bits per heavy atom. The Morgan fingerprint density at radius 2 is 2.00 bits per heavy atom. The summed E-state index contributed by atoms with van der Waals surface area (Å²) in [5.41, 5.74) is 1.02. The minimum atomic E-state index is -0.0608. The Bertz CT molecular complexity index is 564. The average molecular weight is 332 g/mol. The summed E-state index contributed by atoms with van der Waals surface area (Å²) < 4.78 is 11.6. The van der Waals surface area contributed by atoms with E-state index in [1.165, 1.54) is 12.8 Å². The van der Waals surface area contributed by atoms with Crippen molar-refractivity contribution in [2.45, 2.75) is 63.6 Å². The number of benzene rings is 1. The van der Waals surface area contributed by atoms with E-state index in [-0.39, 0.29) is 18.0 Å². The molecule has 2 unspecified atom stereocenters. The fourth-order valence-electron chi connectivity index (χ4n) is 3.54. The van der Waals surface area contributed by atoms with Crippen LogP contribution in [0.5, 0.6) is 11.5 Å². The van der Waals surface area contributed by atoms with E-state index in [9.17, 15) is 4.79 Å². The number of amides is 1. The molecule has 2 N–H and O–H groups in total. The minimum absolute atomic E-state index is 0.0562. The Hall–Kier alpha value is -1.75. The second-order valence-corrected chi connectivity index (χ2v) is 6.81. The third kappa shape index (κ3) is 4.01. The van der Waals surface area contributed by atoms with Gasteiger partial charge < -0.3 is 20.1 Å². The van der Waals surface area contributed by atoms with Gasteiger partial charge in [0.05, 0.1) is 25.3 Å². The van der Waals surface area contributed by atoms with Gasteiger partial charge in [-0.05, 0) is 69.7 Å². The molecule has 0 bridgehead atoms. The van der Waals surface area contributed by atoms with Crippen LogP contribution >= 0.6 is 0 Å². The number of methoxy groups -OCH3 is 1. The molecule has 0 spiro atoms. The van der Waals surface area contributed by atoms with E-state index in [0.29, 0.717) is 6.10 Å².